The second-order valence-electron chi connectivity index (χ2n) is 17.6. The normalized spacial score (nSPS) is 11.5. The van der Waals surface area contributed by atoms with Gasteiger partial charge in [0.25, 0.3) is 0 Å². The van der Waals surface area contributed by atoms with Crippen molar-refractivity contribution in [1.82, 2.24) is 14.1 Å². The number of hydrogen-bond donors (Lipinski definition) is 0. The molecule has 68 heavy (non-hydrogen) atoms. The molecule has 0 amide bonds. The van der Waals surface area contributed by atoms with Crippen LogP contribution >= 0.6 is 0 Å². The Bertz CT molecular complexity index is 3920. The third-order valence-electron chi connectivity index (χ3n) is 13.5. The van der Waals surface area contributed by atoms with Crippen LogP contribution in [0.3, 0.4) is 0 Å². The van der Waals surface area contributed by atoms with Crippen LogP contribution in [0.2, 0.25) is 0 Å². The van der Waals surface area contributed by atoms with Crippen molar-refractivity contribution >= 4 is 43.6 Å². The Labute approximate surface area is 395 Å². The molecule has 3 heterocycles. The van der Waals surface area contributed by atoms with E-state index in [1.165, 1.54) is 77.0 Å². The van der Waals surface area contributed by atoms with Gasteiger partial charge in [0, 0.05) is 44.0 Å². The highest BCUT2D eigenvalue weighted by Gasteiger charge is 2.18. The number of benzene rings is 10. The minimum absolute atomic E-state index is 0.953. The van der Waals surface area contributed by atoms with Gasteiger partial charge in [-0.15, -0.1) is 0 Å². The number of nitrogens with zero attached hydrogens (tertiary/aromatic N) is 3. The van der Waals surface area contributed by atoms with Gasteiger partial charge in [0.15, 0.2) is 0 Å². The third-order valence-corrected chi connectivity index (χ3v) is 13.5. The van der Waals surface area contributed by atoms with E-state index in [2.05, 4.69) is 270 Å². The van der Waals surface area contributed by atoms with E-state index >= 15 is 0 Å². The Balaban J connectivity index is 0.888. The molecule has 0 aliphatic carbocycles. The van der Waals surface area contributed by atoms with Crippen molar-refractivity contribution < 1.29 is 0 Å². The van der Waals surface area contributed by atoms with Gasteiger partial charge in [0.2, 0.25) is 0 Å². The summed E-state index contributed by atoms with van der Waals surface area (Å²) in [5.74, 6) is 0. The van der Waals surface area contributed by atoms with Crippen LogP contribution < -0.4 is 0 Å². The average Bonchev–Trinajstić information content (AvgIpc) is 3.94. The molecule has 3 nitrogen and oxygen atoms in total. The van der Waals surface area contributed by atoms with Crippen molar-refractivity contribution in [2.75, 3.05) is 0 Å². The van der Waals surface area contributed by atoms with Crippen molar-refractivity contribution in [3.8, 4) is 78.4 Å². The van der Waals surface area contributed by atoms with Crippen molar-refractivity contribution in [3.63, 3.8) is 0 Å². The molecule has 0 N–H and O–H groups in total. The minimum Gasteiger partial charge on any atom is -0.309 e. The lowest BCUT2D eigenvalue weighted by molar-refractivity contribution is 1.18. The highest BCUT2D eigenvalue weighted by Crippen LogP contribution is 2.40. The minimum atomic E-state index is 0.953. The van der Waals surface area contributed by atoms with Crippen LogP contribution in [0.1, 0.15) is 0 Å². The molecule has 0 saturated heterocycles. The topological polar surface area (TPSA) is 22.8 Å². The molecule has 0 saturated carbocycles. The number of aromatic nitrogens is 3. The largest absolute Gasteiger partial charge is 0.309 e. The highest BCUT2D eigenvalue weighted by atomic mass is 15.0. The number of pyridine rings is 1. The quantitative estimate of drug-likeness (QED) is 0.149. The van der Waals surface area contributed by atoms with Crippen LogP contribution in [0.25, 0.3) is 122 Å². The maximum absolute atomic E-state index is 5.15. The van der Waals surface area contributed by atoms with E-state index in [0.717, 1.165) is 45.0 Å². The summed E-state index contributed by atoms with van der Waals surface area (Å²) in [6, 6.07) is 94.2. The molecular formula is C65H43N3. The number of hydrogen-bond acceptors (Lipinski definition) is 1. The van der Waals surface area contributed by atoms with Crippen LogP contribution in [-0.4, -0.2) is 14.1 Å². The van der Waals surface area contributed by atoms with Crippen molar-refractivity contribution in [1.29, 1.82) is 0 Å². The SMILES string of the molecule is c1ccc(-c2ccc(-c3ccc(-n4c5ccccc5c5ccc(-c6ccc7c(c6)c6ccccc6n7-c6cccc(-c7cc(-c8ccccc8)nc(-c8ccccc8)c7)c6)cc54)cc3)cc2)cc1. The molecule has 0 aliphatic heterocycles. The predicted octanol–water partition coefficient (Wildman–Crippen LogP) is 17.3. The maximum Gasteiger partial charge on any atom is 0.0715 e. The molecule has 0 unspecified atom stereocenters. The Kier molecular flexibility index (Phi) is 9.50. The molecule has 3 aromatic heterocycles. The summed E-state index contributed by atoms with van der Waals surface area (Å²) in [6.07, 6.45) is 0. The summed E-state index contributed by atoms with van der Waals surface area (Å²) in [5.41, 5.74) is 20.5. The van der Waals surface area contributed by atoms with Gasteiger partial charge in [-0.05, 0) is 111 Å². The summed E-state index contributed by atoms with van der Waals surface area (Å²) < 4.78 is 4.83. The fraction of sp³-hybridized carbons (Fsp3) is 0. The van der Waals surface area contributed by atoms with Crippen molar-refractivity contribution in [2.24, 2.45) is 0 Å². The molecule has 0 aliphatic rings. The fourth-order valence-electron chi connectivity index (χ4n) is 10.2. The van der Waals surface area contributed by atoms with Gasteiger partial charge >= 0.3 is 0 Å². The summed E-state index contributed by atoms with van der Waals surface area (Å²) in [6.45, 7) is 0. The Hall–Kier alpha value is -9.05. The molecule has 13 aromatic rings. The van der Waals surface area contributed by atoms with E-state index in [-0.39, 0.29) is 0 Å². The molecule has 318 valence electrons. The predicted molar refractivity (Wildman–Crippen MR) is 286 cm³/mol. The number of rotatable bonds is 8. The van der Waals surface area contributed by atoms with E-state index in [0.29, 0.717) is 0 Å². The summed E-state index contributed by atoms with van der Waals surface area (Å²) in [4.78, 5) is 5.15. The van der Waals surface area contributed by atoms with Gasteiger partial charge in [-0.3, -0.25) is 0 Å². The molecule has 0 atom stereocenters. The maximum atomic E-state index is 5.15. The van der Waals surface area contributed by atoms with E-state index in [1.54, 1.807) is 0 Å². The molecule has 0 bridgehead atoms. The summed E-state index contributed by atoms with van der Waals surface area (Å²) in [7, 11) is 0. The lowest BCUT2D eigenvalue weighted by atomic mass is 9.99. The first-order valence-electron chi connectivity index (χ1n) is 23.3. The van der Waals surface area contributed by atoms with Gasteiger partial charge in [0.1, 0.15) is 0 Å². The summed E-state index contributed by atoms with van der Waals surface area (Å²) >= 11 is 0. The van der Waals surface area contributed by atoms with Crippen molar-refractivity contribution in [2.45, 2.75) is 0 Å². The van der Waals surface area contributed by atoms with E-state index in [1.807, 2.05) is 0 Å². The molecule has 10 aromatic carbocycles. The molecule has 0 spiro atoms. The standard InChI is InChI=1S/C65H43N3/c1-4-15-44(16-5-1)45-27-29-46(30-28-45)47-31-35-54(36-32-47)67-62-25-12-10-23-56(62)58-37-33-52(43-65(58)67)51-34-38-64-59(40-51)57-24-11-13-26-63(57)68(64)55-22-14-21-50(39-55)53-41-60(48-17-6-2-7-18-48)66-61(42-53)49-19-8-3-9-20-49/h1-43H. The van der Waals surface area contributed by atoms with Crippen molar-refractivity contribution in [3.05, 3.63) is 261 Å². The van der Waals surface area contributed by atoms with E-state index in [9.17, 15) is 0 Å². The second kappa shape index (κ2) is 16.4. The molecule has 0 radical (unpaired) electrons. The van der Waals surface area contributed by atoms with Crippen LogP contribution in [0.15, 0.2) is 261 Å². The Morgan fingerprint density at radius 1 is 0.206 bits per heavy atom. The van der Waals surface area contributed by atoms with E-state index in [4.69, 9.17) is 4.98 Å². The molecule has 3 heteroatoms. The number of para-hydroxylation sites is 2. The molecule has 0 fully saturated rings. The highest BCUT2D eigenvalue weighted by molar-refractivity contribution is 6.12. The van der Waals surface area contributed by atoms with Crippen LogP contribution in [0, 0.1) is 0 Å². The van der Waals surface area contributed by atoms with Gasteiger partial charge in [-0.25, -0.2) is 4.98 Å². The third kappa shape index (κ3) is 6.88. The van der Waals surface area contributed by atoms with Crippen LogP contribution in [0.4, 0.5) is 0 Å². The first kappa shape index (κ1) is 39.3. The van der Waals surface area contributed by atoms with Crippen LogP contribution in [-0.2, 0) is 0 Å². The Morgan fingerprint density at radius 2 is 0.618 bits per heavy atom. The molecular weight excluding hydrogens is 823 g/mol. The lowest BCUT2D eigenvalue weighted by Gasteiger charge is -2.13. The van der Waals surface area contributed by atoms with Gasteiger partial charge in [-0.2, -0.15) is 0 Å². The van der Waals surface area contributed by atoms with Gasteiger partial charge < -0.3 is 9.13 Å². The zero-order chi connectivity index (χ0) is 45.0. The molecule has 13 rings (SSSR count). The zero-order valence-corrected chi connectivity index (χ0v) is 37.2. The smallest absolute Gasteiger partial charge is 0.0715 e. The van der Waals surface area contributed by atoms with Gasteiger partial charge in [0.05, 0.1) is 33.5 Å². The fourth-order valence-corrected chi connectivity index (χ4v) is 10.2. The Morgan fingerprint density at radius 3 is 1.24 bits per heavy atom. The first-order valence-corrected chi connectivity index (χ1v) is 23.3. The number of fused-ring (bicyclic) bond motifs is 6. The lowest BCUT2D eigenvalue weighted by Crippen LogP contribution is -1.95. The zero-order valence-electron chi connectivity index (χ0n) is 37.2. The first-order chi connectivity index (χ1) is 33.7. The van der Waals surface area contributed by atoms with Crippen LogP contribution in [0.5, 0.6) is 0 Å². The van der Waals surface area contributed by atoms with Gasteiger partial charge in [-0.1, -0.05) is 194 Å². The second-order valence-corrected chi connectivity index (χ2v) is 17.6. The van der Waals surface area contributed by atoms with E-state index < -0.39 is 0 Å². The summed E-state index contributed by atoms with van der Waals surface area (Å²) in [5, 5.41) is 4.93. The monoisotopic (exact) mass is 865 g/mol. The average molecular weight is 866 g/mol.